The van der Waals surface area contributed by atoms with Crippen LogP contribution in [0.5, 0.6) is 0 Å². The van der Waals surface area contributed by atoms with E-state index in [0.717, 1.165) is 12.0 Å². The normalized spacial score (nSPS) is 15.8. The summed E-state index contributed by atoms with van der Waals surface area (Å²) < 4.78 is 1.65. The summed E-state index contributed by atoms with van der Waals surface area (Å²) in [5.74, 6) is -0.541. The van der Waals surface area contributed by atoms with Gasteiger partial charge in [-0.1, -0.05) is 6.08 Å². The van der Waals surface area contributed by atoms with Gasteiger partial charge < -0.3 is 0 Å². The first-order valence-corrected chi connectivity index (χ1v) is 5.35. The summed E-state index contributed by atoms with van der Waals surface area (Å²) in [6, 6.07) is 0. The molecule has 2 heterocycles. The summed E-state index contributed by atoms with van der Waals surface area (Å²) in [4.78, 5) is 24.4. The Balaban J connectivity index is 2.04. The number of imide groups is 1. The number of aromatic nitrogens is 2. The van der Waals surface area contributed by atoms with Crippen molar-refractivity contribution < 1.29 is 9.59 Å². The van der Waals surface area contributed by atoms with Crippen molar-refractivity contribution in [1.82, 2.24) is 14.7 Å². The Morgan fingerprint density at radius 1 is 1.53 bits per heavy atom. The maximum Gasteiger partial charge on any atom is 0.253 e. The molecule has 5 heteroatoms. The fourth-order valence-electron chi connectivity index (χ4n) is 1.59. The minimum Gasteiger partial charge on any atom is -0.275 e. The van der Waals surface area contributed by atoms with Crippen LogP contribution in [0.3, 0.4) is 0 Å². The Bertz CT molecular complexity index is 500. The molecule has 17 heavy (non-hydrogen) atoms. The third-order valence-electron chi connectivity index (χ3n) is 2.46. The van der Waals surface area contributed by atoms with Crippen molar-refractivity contribution in [2.24, 2.45) is 7.05 Å². The van der Waals surface area contributed by atoms with E-state index in [-0.39, 0.29) is 11.8 Å². The molecular formula is C12H13N3O2. The molecule has 0 N–H and O–H groups in total. The molecule has 5 nitrogen and oxygen atoms in total. The summed E-state index contributed by atoms with van der Waals surface area (Å²) in [6.07, 6.45) is 10.4. The summed E-state index contributed by atoms with van der Waals surface area (Å²) in [7, 11) is 1.80. The third kappa shape index (κ3) is 2.69. The van der Waals surface area contributed by atoms with Gasteiger partial charge in [0.15, 0.2) is 0 Å². The van der Waals surface area contributed by atoms with E-state index in [1.165, 1.54) is 17.1 Å². The highest BCUT2D eigenvalue weighted by Gasteiger charge is 2.18. The van der Waals surface area contributed by atoms with E-state index < -0.39 is 0 Å². The molecule has 0 radical (unpaired) electrons. The van der Waals surface area contributed by atoms with Crippen LogP contribution in [-0.2, 0) is 16.6 Å². The van der Waals surface area contributed by atoms with E-state index in [2.05, 4.69) is 5.10 Å². The van der Waals surface area contributed by atoms with Crippen LogP contribution in [0.25, 0.3) is 6.08 Å². The first kappa shape index (κ1) is 11.3. The second-order valence-electron chi connectivity index (χ2n) is 3.80. The Morgan fingerprint density at radius 2 is 2.35 bits per heavy atom. The predicted octanol–water partition coefficient (Wildman–Crippen LogP) is 0.748. The lowest BCUT2D eigenvalue weighted by Crippen LogP contribution is -2.37. The second kappa shape index (κ2) is 4.78. The zero-order chi connectivity index (χ0) is 12.3. The zero-order valence-corrected chi connectivity index (χ0v) is 9.54. The van der Waals surface area contributed by atoms with Gasteiger partial charge in [-0.2, -0.15) is 5.10 Å². The van der Waals surface area contributed by atoms with Gasteiger partial charge in [-0.25, -0.2) is 0 Å². The van der Waals surface area contributed by atoms with Crippen molar-refractivity contribution >= 4 is 17.9 Å². The molecule has 1 aromatic rings. The Kier molecular flexibility index (Phi) is 3.18. The number of rotatable bonds is 2. The van der Waals surface area contributed by atoms with Gasteiger partial charge in [0.2, 0.25) is 0 Å². The van der Waals surface area contributed by atoms with Crippen LogP contribution in [-0.4, -0.2) is 33.0 Å². The topological polar surface area (TPSA) is 55.2 Å². The van der Waals surface area contributed by atoms with E-state index in [1.54, 1.807) is 36.3 Å². The molecule has 88 valence electrons. The van der Waals surface area contributed by atoms with Crippen molar-refractivity contribution in [3.8, 4) is 0 Å². The SMILES string of the molecule is Cn1cc(/C=C/C(=O)N2CCC=CC2=O)cn1. The van der Waals surface area contributed by atoms with Crippen molar-refractivity contribution in [3.05, 3.63) is 36.2 Å². The first-order chi connectivity index (χ1) is 8.16. The Labute approximate surface area is 99.0 Å². The Hall–Kier alpha value is -2.17. The minimum absolute atomic E-state index is 0.253. The van der Waals surface area contributed by atoms with Crippen molar-refractivity contribution in [3.63, 3.8) is 0 Å². The fourth-order valence-corrected chi connectivity index (χ4v) is 1.59. The van der Waals surface area contributed by atoms with E-state index in [1.807, 2.05) is 0 Å². The van der Waals surface area contributed by atoms with Crippen molar-refractivity contribution in [2.75, 3.05) is 6.54 Å². The number of carbonyl (C=O) groups is 2. The highest BCUT2D eigenvalue weighted by Crippen LogP contribution is 2.06. The van der Waals surface area contributed by atoms with E-state index >= 15 is 0 Å². The average Bonchev–Trinajstić information content (AvgIpc) is 2.73. The highest BCUT2D eigenvalue weighted by atomic mass is 16.2. The van der Waals surface area contributed by atoms with Crippen LogP contribution in [0.4, 0.5) is 0 Å². The largest absolute Gasteiger partial charge is 0.275 e. The maximum absolute atomic E-state index is 11.7. The van der Waals surface area contributed by atoms with Gasteiger partial charge >= 0.3 is 0 Å². The van der Waals surface area contributed by atoms with Gasteiger partial charge in [0.25, 0.3) is 11.8 Å². The smallest absolute Gasteiger partial charge is 0.253 e. The molecule has 0 spiro atoms. The summed E-state index contributed by atoms with van der Waals surface area (Å²) >= 11 is 0. The fraction of sp³-hybridized carbons (Fsp3) is 0.250. The lowest BCUT2D eigenvalue weighted by Gasteiger charge is -2.19. The van der Waals surface area contributed by atoms with Crippen LogP contribution < -0.4 is 0 Å². The van der Waals surface area contributed by atoms with Gasteiger partial charge in [-0.05, 0) is 18.6 Å². The lowest BCUT2D eigenvalue weighted by molar-refractivity contribution is -0.139. The molecule has 0 saturated carbocycles. The standard InChI is InChI=1S/C12H13N3O2/c1-14-9-10(8-13-14)5-6-12(17)15-7-3-2-4-11(15)16/h2,4-6,8-9H,3,7H2,1H3/b6-5+. The molecule has 0 unspecified atom stereocenters. The van der Waals surface area contributed by atoms with Crippen LogP contribution in [0.15, 0.2) is 30.6 Å². The second-order valence-corrected chi connectivity index (χ2v) is 3.80. The highest BCUT2D eigenvalue weighted by molar-refractivity contribution is 6.06. The number of hydrogen-bond donors (Lipinski definition) is 0. The number of amides is 2. The monoisotopic (exact) mass is 231 g/mol. The third-order valence-corrected chi connectivity index (χ3v) is 2.46. The molecule has 0 fully saturated rings. The molecule has 2 rings (SSSR count). The van der Waals surface area contributed by atoms with Crippen LogP contribution in [0.1, 0.15) is 12.0 Å². The van der Waals surface area contributed by atoms with E-state index in [0.29, 0.717) is 6.54 Å². The molecule has 1 aliphatic heterocycles. The van der Waals surface area contributed by atoms with Crippen LogP contribution >= 0.6 is 0 Å². The zero-order valence-electron chi connectivity index (χ0n) is 9.54. The minimum atomic E-state index is -0.289. The summed E-state index contributed by atoms with van der Waals surface area (Å²) in [5, 5.41) is 3.98. The molecular weight excluding hydrogens is 218 g/mol. The van der Waals surface area contributed by atoms with Crippen molar-refractivity contribution in [2.45, 2.75) is 6.42 Å². The number of aryl methyl sites for hydroxylation is 1. The van der Waals surface area contributed by atoms with Crippen LogP contribution in [0.2, 0.25) is 0 Å². The molecule has 0 aliphatic carbocycles. The molecule has 0 bridgehead atoms. The molecule has 1 aromatic heterocycles. The van der Waals surface area contributed by atoms with Crippen molar-refractivity contribution in [1.29, 1.82) is 0 Å². The van der Waals surface area contributed by atoms with E-state index in [9.17, 15) is 9.59 Å². The summed E-state index contributed by atoms with van der Waals surface area (Å²) in [5.41, 5.74) is 0.834. The summed E-state index contributed by atoms with van der Waals surface area (Å²) in [6.45, 7) is 0.450. The lowest BCUT2D eigenvalue weighted by atomic mass is 10.2. The molecule has 2 amide bonds. The predicted molar refractivity (Wildman–Crippen MR) is 62.7 cm³/mol. The number of hydrogen-bond acceptors (Lipinski definition) is 3. The first-order valence-electron chi connectivity index (χ1n) is 5.35. The maximum atomic E-state index is 11.7. The van der Waals surface area contributed by atoms with Gasteiger partial charge in [-0.3, -0.25) is 19.2 Å². The van der Waals surface area contributed by atoms with Crippen LogP contribution in [0, 0.1) is 0 Å². The average molecular weight is 231 g/mol. The quantitative estimate of drug-likeness (QED) is 0.706. The molecule has 0 atom stereocenters. The van der Waals surface area contributed by atoms with Gasteiger partial charge in [-0.15, -0.1) is 0 Å². The molecule has 0 saturated heterocycles. The van der Waals surface area contributed by atoms with Gasteiger partial charge in [0, 0.05) is 31.4 Å². The molecule has 0 aromatic carbocycles. The Morgan fingerprint density at radius 3 is 3.00 bits per heavy atom. The molecule has 1 aliphatic rings. The van der Waals surface area contributed by atoms with Gasteiger partial charge in [0.1, 0.15) is 0 Å². The number of nitrogens with zero attached hydrogens (tertiary/aromatic N) is 3. The van der Waals surface area contributed by atoms with Gasteiger partial charge in [0.05, 0.1) is 6.20 Å². The number of carbonyl (C=O) groups excluding carboxylic acids is 2. The van der Waals surface area contributed by atoms with E-state index in [4.69, 9.17) is 0 Å².